The summed E-state index contributed by atoms with van der Waals surface area (Å²) in [6.45, 7) is 0. The van der Waals surface area contributed by atoms with E-state index in [1.165, 1.54) is 0 Å². The second kappa shape index (κ2) is 10.4. The molecular weight excluding hydrogens is 338 g/mol. The Bertz CT molecular complexity index is 407. The van der Waals surface area contributed by atoms with Gasteiger partial charge in [0.25, 0.3) is 0 Å². The van der Waals surface area contributed by atoms with Crippen molar-refractivity contribution in [2.45, 2.75) is 0 Å². The average Bonchev–Trinajstić information content (AvgIpc) is 2.26. The molecule has 0 rings (SSSR count). The third-order valence-corrected chi connectivity index (χ3v) is 4.89. The van der Waals surface area contributed by atoms with Crippen molar-refractivity contribution in [3.63, 3.8) is 0 Å². The molecule has 0 aliphatic carbocycles. The fraction of sp³-hybridized carbons (Fsp3) is 0. The van der Waals surface area contributed by atoms with Gasteiger partial charge in [-0.3, -0.25) is 0 Å². The summed E-state index contributed by atoms with van der Waals surface area (Å²) in [6, 6.07) is 0. The zero-order valence-corrected chi connectivity index (χ0v) is 16.9. The second-order valence-corrected chi connectivity index (χ2v) is 7.42. The smallest absolute Gasteiger partial charge is 0.412 e. The summed E-state index contributed by atoms with van der Waals surface area (Å²) in [6.07, 6.45) is 0. The minimum absolute atomic E-state index is 0. The Morgan fingerprint density at radius 3 is 0.556 bits per heavy atom. The zero-order chi connectivity index (χ0) is 10.7. The van der Waals surface area contributed by atoms with E-state index in [4.69, 9.17) is 31.6 Å². The second-order valence-electron chi connectivity index (χ2n) is 1.80. The molecule has 0 aromatic carbocycles. The van der Waals surface area contributed by atoms with Gasteiger partial charge in [-0.05, 0) is 0 Å². The standard InChI is InChI=1S/6CN.Fe.2K.3H2O/c6*1-2;;;;;;/h;;;;;;;;;3*1H2/q;;;;;;-2;2*+1;;;. The Kier molecular flexibility index (Phi) is 21.0. The van der Waals surface area contributed by atoms with Gasteiger partial charge in [-0.1, -0.05) is 0 Å². The fourth-order valence-electron chi connectivity index (χ4n) is 0.265. The quantitative estimate of drug-likeness (QED) is 0.386. The zero-order valence-electron chi connectivity index (χ0n) is 9.54. The van der Waals surface area contributed by atoms with Crippen molar-refractivity contribution in [3.8, 4) is 29.8 Å². The van der Waals surface area contributed by atoms with Gasteiger partial charge in [0.1, 0.15) is 0 Å². The SMILES string of the molecule is N#[C][Fe-2]([C]#N)([C]#N)([C]#N)([C]#N)[C]#N.O.O.O.[K+].[K+]. The van der Waals surface area contributed by atoms with E-state index in [9.17, 15) is 0 Å². The van der Waals surface area contributed by atoms with Crippen molar-refractivity contribution in [3.05, 3.63) is 0 Å². The van der Waals surface area contributed by atoms with Crippen LogP contribution in [0.5, 0.6) is 0 Å². The molecule has 0 saturated carbocycles. The Labute approximate surface area is 187 Å². The van der Waals surface area contributed by atoms with Gasteiger partial charge in [-0.2, -0.15) is 0 Å². The maximum atomic E-state index is 8.58. The molecule has 0 aromatic heterocycles. The number of nitriles is 6. The van der Waals surface area contributed by atoms with Crippen LogP contribution in [0.1, 0.15) is 0 Å². The molecule has 0 aliphatic heterocycles. The Morgan fingerprint density at radius 1 is 0.444 bits per heavy atom. The van der Waals surface area contributed by atoms with Crippen molar-refractivity contribution >= 4 is 0 Å². The van der Waals surface area contributed by atoms with Crippen LogP contribution in [-0.2, 0) is 10.7 Å². The first-order valence-corrected chi connectivity index (χ1v) is 5.71. The minimum atomic E-state index is -6.17. The van der Waals surface area contributed by atoms with E-state index < -0.39 is 10.7 Å². The van der Waals surface area contributed by atoms with Gasteiger partial charge in [0.2, 0.25) is 0 Å². The molecule has 0 fully saturated rings. The monoisotopic (exact) mass is 344 g/mol. The van der Waals surface area contributed by atoms with Crippen molar-refractivity contribution in [1.82, 2.24) is 0 Å². The summed E-state index contributed by atoms with van der Waals surface area (Å²) in [5.41, 5.74) is 0. The first-order valence-electron chi connectivity index (χ1n) is 2.40. The maximum Gasteiger partial charge on any atom is 1.00 e. The van der Waals surface area contributed by atoms with E-state index in [1.54, 1.807) is 0 Å². The van der Waals surface area contributed by atoms with Gasteiger partial charge < -0.3 is 16.4 Å². The van der Waals surface area contributed by atoms with Crippen molar-refractivity contribution in [1.29, 1.82) is 31.6 Å². The van der Waals surface area contributed by atoms with Crippen LogP contribution < -0.4 is 103 Å². The molecule has 12 heteroatoms. The summed E-state index contributed by atoms with van der Waals surface area (Å²) in [5.74, 6) is 0. The fourth-order valence-corrected chi connectivity index (χ4v) is 1.09. The summed E-state index contributed by atoms with van der Waals surface area (Å²) < 4.78 is 0. The van der Waals surface area contributed by atoms with Crippen LogP contribution in [0.2, 0.25) is 0 Å². The van der Waals surface area contributed by atoms with Gasteiger partial charge >= 0.3 is 175 Å². The van der Waals surface area contributed by atoms with E-state index in [0.717, 1.165) is 29.8 Å². The Morgan fingerprint density at radius 2 is 0.556 bits per heavy atom. The molecule has 0 heterocycles. The molecule has 0 bridgehead atoms. The van der Waals surface area contributed by atoms with Crippen LogP contribution in [0.25, 0.3) is 0 Å². The predicted molar refractivity (Wildman–Crippen MR) is 44.5 cm³/mol. The molecule has 9 nitrogen and oxygen atoms in total. The molecule has 88 valence electrons. The minimum Gasteiger partial charge on any atom is -0.412 e. The van der Waals surface area contributed by atoms with Crippen molar-refractivity contribution < 1.29 is 130 Å². The summed E-state index contributed by atoms with van der Waals surface area (Å²) >= 11 is 0. The van der Waals surface area contributed by atoms with Crippen LogP contribution >= 0.6 is 0 Å². The first kappa shape index (κ1) is 36.3. The Hall–Kier alpha value is 0.612. The normalized spacial score (nSPS) is 9.67. The molecule has 0 aliphatic rings. The van der Waals surface area contributed by atoms with Crippen LogP contribution in [0, 0.1) is 61.4 Å². The topological polar surface area (TPSA) is 237 Å². The third-order valence-electron chi connectivity index (χ3n) is 1.19. The summed E-state index contributed by atoms with van der Waals surface area (Å²) in [4.78, 5) is 6.19. The van der Waals surface area contributed by atoms with Gasteiger partial charge in [-0.15, -0.1) is 0 Å². The summed E-state index contributed by atoms with van der Waals surface area (Å²) in [5, 5.41) is 51.5. The molecule has 0 saturated heterocycles. The Balaban J connectivity index is -0.0000000720. The van der Waals surface area contributed by atoms with E-state index in [1.807, 2.05) is 0 Å². The maximum absolute atomic E-state index is 8.58. The molecule has 0 unspecified atom stereocenters. The van der Waals surface area contributed by atoms with E-state index in [-0.39, 0.29) is 119 Å². The molecule has 0 aromatic rings. The molecule has 0 radical (unpaired) electrons. The van der Waals surface area contributed by atoms with Gasteiger partial charge in [0.05, 0.1) is 0 Å². The molecule has 0 spiro atoms. The van der Waals surface area contributed by atoms with Crippen LogP contribution in [0.3, 0.4) is 0 Å². The van der Waals surface area contributed by atoms with Crippen LogP contribution in [0.4, 0.5) is 0 Å². The predicted octanol–water partition coefficient (Wildman–Crippen LogP) is -8.37. The molecule has 18 heavy (non-hydrogen) atoms. The number of rotatable bonds is 0. The van der Waals surface area contributed by atoms with E-state index >= 15 is 0 Å². The van der Waals surface area contributed by atoms with Gasteiger partial charge in [-0.25, -0.2) is 0 Å². The molecule has 6 N–H and O–H groups in total. The largest absolute Gasteiger partial charge is 1.00 e. The van der Waals surface area contributed by atoms with Crippen LogP contribution in [-0.4, -0.2) is 16.4 Å². The van der Waals surface area contributed by atoms with Crippen LogP contribution in [0.15, 0.2) is 0 Å². The summed E-state index contributed by atoms with van der Waals surface area (Å²) in [7, 11) is -6.17. The van der Waals surface area contributed by atoms with Crippen molar-refractivity contribution in [2.24, 2.45) is 0 Å². The average molecular weight is 344 g/mol. The number of hydrogen-bond acceptors (Lipinski definition) is 6. The third kappa shape index (κ3) is 4.32. The first-order chi connectivity index (χ1) is 5.97. The van der Waals surface area contributed by atoms with Crippen molar-refractivity contribution in [2.75, 3.05) is 0 Å². The van der Waals surface area contributed by atoms with Gasteiger partial charge in [0, 0.05) is 0 Å². The molecule has 0 amide bonds. The van der Waals surface area contributed by atoms with Gasteiger partial charge in [0.15, 0.2) is 0 Å². The van der Waals surface area contributed by atoms with E-state index in [2.05, 4.69) is 0 Å². The van der Waals surface area contributed by atoms with E-state index in [0.29, 0.717) is 0 Å². The molecular formula is C6H6FeK2N6O3. The number of hydrogen-bond donors (Lipinski definition) is 0. The number of nitrogens with zero attached hydrogens (tertiary/aromatic N) is 6. The molecule has 0 atom stereocenters.